The number of nitrogens with one attached hydrogen (secondary N) is 1. The molecule has 0 aliphatic heterocycles. The number of carbonyl (C=O) groups is 1. The summed E-state index contributed by atoms with van der Waals surface area (Å²) in [6, 6.07) is 12.0. The maximum Gasteiger partial charge on any atom is 0.253 e. The summed E-state index contributed by atoms with van der Waals surface area (Å²) in [7, 11) is 0. The highest BCUT2D eigenvalue weighted by Crippen LogP contribution is 2.18. The second-order valence-electron chi connectivity index (χ2n) is 5.08. The van der Waals surface area contributed by atoms with Gasteiger partial charge in [0, 0.05) is 10.3 Å². The Hall–Kier alpha value is -2.20. The maximum absolute atomic E-state index is 12.3. The van der Waals surface area contributed by atoms with Gasteiger partial charge < -0.3 is 5.32 Å². The van der Waals surface area contributed by atoms with Gasteiger partial charge >= 0.3 is 0 Å². The molecule has 2 aromatic heterocycles. The van der Waals surface area contributed by atoms with Crippen LogP contribution in [-0.2, 0) is 6.54 Å². The number of carbonyl (C=O) groups excluding carboxylic acids is 1. The van der Waals surface area contributed by atoms with Crippen LogP contribution in [0.25, 0.3) is 10.9 Å². The molecule has 106 valence electrons. The topological polar surface area (TPSA) is 42.0 Å². The number of nitrogens with zero attached hydrogens (tertiary/aromatic N) is 1. The van der Waals surface area contributed by atoms with Gasteiger partial charge in [0.1, 0.15) is 0 Å². The fraction of sp³-hybridized carbons (Fsp3) is 0.176. The molecule has 1 N–H and O–H groups in total. The molecule has 0 fully saturated rings. The van der Waals surface area contributed by atoms with E-state index in [4.69, 9.17) is 0 Å². The van der Waals surface area contributed by atoms with Gasteiger partial charge in [0.25, 0.3) is 5.91 Å². The first-order valence-corrected chi connectivity index (χ1v) is 7.70. The maximum atomic E-state index is 12.3. The predicted molar refractivity (Wildman–Crippen MR) is 86.7 cm³/mol. The second kappa shape index (κ2) is 5.66. The summed E-state index contributed by atoms with van der Waals surface area (Å²) < 4.78 is 0. The summed E-state index contributed by atoms with van der Waals surface area (Å²) in [5.74, 6) is -0.0724. The standard InChI is InChI=1S/C17H16N2OS/c1-11-5-6-16-13(8-11)9-15(12(2)19-16)17(20)18-10-14-4-3-7-21-14/h3-9H,10H2,1-2H3,(H,18,20). The van der Waals surface area contributed by atoms with E-state index in [1.165, 1.54) is 0 Å². The highest BCUT2D eigenvalue weighted by molar-refractivity contribution is 7.09. The van der Waals surface area contributed by atoms with Crippen molar-refractivity contribution in [3.8, 4) is 0 Å². The molecule has 0 aliphatic rings. The van der Waals surface area contributed by atoms with Gasteiger partial charge in [-0.05, 0) is 43.5 Å². The molecule has 3 aromatic rings. The largest absolute Gasteiger partial charge is 0.347 e. The zero-order valence-corrected chi connectivity index (χ0v) is 12.8. The lowest BCUT2D eigenvalue weighted by Gasteiger charge is -2.08. The van der Waals surface area contributed by atoms with Gasteiger partial charge in [0.15, 0.2) is 0 Å². The van der Waals surface area contributed by atoms with Crippen molar-refractivity contribution in [1.29, 1.82) is 0 Å². The Balaban J connectivity index is 1.88. The summed E-state index contributed by atoms with van der Waals surface area (Å²) in [6.45, 7) is 4.47. The Bertz CT molecular complexity index is 794. The lowest BCUT2D eigenvalue weighted by Crippen LogP contribution is -2.23. The number of fused-ring (bicyclic) bond motifs is 1. The second-order valence-corrected chi connectivity index (χ2v) is 6.11. The minimum atomic E-state index is -0.0724. The highest BCUT2D eigenvalue weighted by Gasteiger charge is 2.11. The van der Waals surface area contributed by atoms with Crippen molar-refractivity contribution in [2.24, 2.45) is 0 Å². The molecule has 0 radical (unpaired) electrons. The first-order valence-electron chi connectivity index (χ1n) is 6.82. The summed E-state index contributed by atoms with van der Waals surface area (Å²) in [4.78, 5) is 18.0. The van der Waals surface area contributed by atoms with Crippen molar-refractivity contribution < 1.29 is 4.79 Å². The summed E-state index contributed by atoms with van der Waals surface area (Å²) >= 11 is 1.64. The normalized spacial score (nSPS) is 10.8. The van der Waals surface area contributed by atoms with Crippen LogP contribution in [0.5, 0.6) is 0 Å². The lowest BCUT2D eigenvalue weighted by molar-refractivity contribution is 0.0950. The number of pyridine rings is 1. The van der Waals surface area contributed by atoms with Crippen LogP contribution in [0.2, 0.25) is 0 Å². The molecule has 0 aliphatic carbocycles. The van der Waals surface area contributed by atoms with E-state index >= 15 is 0 Å². The zero-order valence-electron chi connectivity index (χ0n) is 12.0. The smallest absolute Gasteiger partial charge is 0.253 e. The quantitative estimate of drug-likeness (QED) is 0.798. The fourth-order valence-corrected chi connectivity index (χ4v) is 2.94. The Morgan fingerprint density at radius 2 is 2.10 bits per heavy atom. The predicted octanol–water partition coefficient (Wildman–Crippen LogP) is 3.84. The van der Waals surface area contributed by atoms with E-state index in [-0.39, 0.29) is 5.91 Å². The summed E-state index contributed by atoms with van der Waals surface area (Å²) in [5, 5.41) is 5.96. The van der Waals surface area contributed by atoms with Crippen molar-refractivity contribution in [3.05, 3.63) is 63.5 Å². The van der Waals surface area contributed by atoms with Crippen molar-refractivity contribution in [2.75, 3.05) is 0 Å². The van der Waals surface area contributed by atoms with Gasteiger partial charge in [0.05, 0.1) is 23.3 Å². The van der Waals surface area contributed by atoms with E-state index in [0.717, 1.165) is 27.0 Å². The average molecular weight is 296 g/mol. The average Bonchev–Trinajstić information content (AvgIpc) is 2.98. The van der Waals surface area contributed by atoms with Crippen LogP contribution < -0.4 is 5.32 Å². The minimum absolute atomic E-state index is 0.0724. The van der Waals surface area contributed by atoms with Crippen LogP contribution in [0.4, 0.5) is 0 Å². The molecule has 2 heterocycles. The third-order valence-electron chi connectivity index (χ3n) is 3.41. The zero-order chi connectivity index (χ0) is 14.8. The van der Waals surface area contributed by atoms with Gasteiger partial charge in [-0.2, -0.15) is 0 Å². The highest BCUT2D eigenvalue weighted by atomic mass is 32.1. The van der Waals surface area contributed by atoms with Crippen molar-refractivity contribution >= 4 is 28.1 Å². The Morgan fingerprint density at radius 1 is 1.24 bits per heavy atom. The van der Waals surface area contributed by atoms with Gasteiger partial charge in [-0.25, -0.2) is 0 Å². The van der Waals surface area contributed by atoms with Crippen molar-refractivity contribution in [3.63, 3.8) is 0 Å². The molecule has 1 amide bonds. The van der Waals surface area contributed by atoms with E-state index in [1.54, 1.807) is 11.3 Å². The van der Waals surface area contributed by atoms with Crippen LogP contribution >= 0.6 is 11.3 Å². The molecular formula is C17H16N2OS. The summed E-state index contributed by atoms with van der Waals surface area (Å²) in [6.07, 6.45) is 0. The van der Waals surface area contributed by atoms with E-state index in [2.05, 4.69) is 16.4 Å². The van der Waals surface area contributed by atoms with Crippen LogP contribution in [0, 0.1) is 13.8 Å². The monoisotopic (exact) mass is 296 g/mol. The molecule has 3 nitrogen and oxygen atoms in total. The molecule has 1 aromatic carbocycles. The molecule has 21 heavy (non-hydrogen) atoms. The molecule has 0 atom stereocenters. The van der Waals surface area contributed by atoms with Gasteiger partial charge in [0.2, 0.25) is 0 Å². The van der Waals surface area contributed by atoms with Crippen LogP contribution in [0.15, 0.2) is 41.8 Å². The number of hydrogen-bond acceptors (Lipinski definition) is 3. The SMILES string of the molecule is Cc1ccc2nc(C)c(C(=O)NCc3cccs3)cc2c1. The number of aromatic nitrogens is 1. The van der Waals surface area contributed by atoms with Crippen molar-refractivity contribution in [2.45, 2.75) is 20.4 Å². The van der Waals surface area contributed by atoms with Gasteiger partial charge in [-0.15, -0.1) is 11.3 Å². The van der Waals surface area contributed by atoms with Crippen LogP contribution in [0.1, 0.15) is 26.5 Å². The Kier molecular flexibility index (Phi) is 3.71. The van der Waals surface area contributed by atoms with Crippen molar-refractivity contribution in [1.82, 2.24) is 10.3 Å². The number of amides is 1. The number of thiophene rings is 1. The molecule has 3 rings (SSSR count). The molecule has 0 saturated heterocycles. The molecule has 0 bridgehead atoms. The fourth-order valence-electron chi connectivity index (χ4n) is 2.30. The summed E-state index contributed by atoms with van der Waals surface area (Å²) in [5.41, 5.74) is 3.49. The molecule has 0 saturated carbocycles. The van der Waals surface area contributed by atoms with E-state index in [1.807, 2.05) is 49.6 Å². The third-order valence-corrected chi connectivity index (χ3v) is 4.29. The molecular weight excluding hydrogens is 280 g/mol. The van der Waals surface area contributed by atoms with Gasteiger partial charge in [-0.1, -0.05) is 17.7 Å². The third kappa shape index (κ3) is 2.95. The lowest BCUT2D eigenvalue weighted by atomic mass is 10.1. The Labute approximate surface area is 127 Å². The Morgan fingerprint density at radius 3 is 2.86 bits per heavy atom. The van der Waals surface area contributed by atoms with Gasteiger partial charge in [-0.3, -0.25) is 9.78 Å². The minimum Gasteiger partial charge on any atom is -0.347 e. The molecule has 0 spiro atoms. The van der Waals surface area contributed by atoms with Crippen LogP contribution in [-0.4, -0.2) is 10.9 Å². The van der Waals surface area contributed by atoms with Crippen LogP contribution in [0.3, 0.4) is 0 Å². The molecule has 0 unspecified atom stereocenters. The number of hydrogen-bond donors (Lipinski definition) is 1. The first-order chi connectivity index (χ1) is 10.1. The molecule has 4 heteroatoms. The van der Waals surface area contributed by atoms with E-state index in [0.29, 0.717) is 12.1 Å². The number of aryl methyl sites for hydroxylation is 2. The number of benzene rings is 1. The first kappa shape index (κ1) is 13.8. The number of rotatable bonds is 3. The van der Waals surface area contributed by atoms with E-state index < -0.39 is 0 Å². The van der Waals surface area contributed by atoms with E-state index in [9.17, 15) is 4.79 Å².